The van der Waals surface area contributed by atoms with E-state index in [1.165, 1.54) is 6.92 Å². The average molecular weight is 188 g/mol. The first-order chi connectivity index (χ1) is 5.66. The molecule has 0 fully saturated rings. The molecule has 0 aromatic heterocycles. The summed E-state index contributed by atoms with van der Waals surface area (Å²) in [6.45, 7) is 6.12. The molecule has 0 aliphatic carbocycles. The lowest BCUT2D eigenvalue weighted by Crippen LogP contribution is -1.97. The first kappa shape index (κ1) is 11.6. The van der Waals surface area contributed by atoms with Crippen LogP contribution in [0.3, 0.4) is 0 Å². The molecule has 0 rings (SSSR count). The molecule has 0 spiro atoms. The summed E-state index contributed by atoms with van der Waals surface area (Å²) >= 11 is 1.76. The first-order valence-electron chi connectivity index (χ1n) is 4.10. The number of ether oxygens (including phenoxy) is 1. The summed E-state index contributed by atoms with van der Waals surface area (Å²) in [5.74, 6) is -0.229. The Bertz CT molecular complexity index is 155. The van der Waals surface area contributed by atoms with Gasteiger partial charge in [0.05, 0.1) is 0 Å². The van der Waals surface area contributed by atoms with Crippen LogP contribution in [-0.2, 0) is 9.53 Å². The topological polar surface area (TPSA) is 26.3 Å². The third-order valence-corrected chi connectivity index (χ3v) is 2.51. The Morgan fingerprint density at radius 1 is 1.67 bits per heavy atom. The molecule has 0 heterocycles. The van der Waals surface area contributed by atoms with Gasteiger partial charge in [-0.25, -0.2) is 0 Å². The number of carbonyl (C=O) groups is 1. The Morgan fingerprint density at radius 3 is 2.83 bits per heavy atom. The van der Waals surface area contributed by atoms with E-state index in [2.05, 4.69) is 13.8 Å². The molecule has 0 aliphatic rings. The molecule has 0 saturated heterocycles. The zero-order valence-corrected chi connectivity index (χ0v) is 8.69. The van der Waals surface area contributed by atoms with Gasteiger partial charge in [0.15, 0.2) is 0 Å². The molecule has 0 amide bonds. The molecule has 0 radical (unpaired) electrons. The standard InChI is InChI=1S/C9H16O2S/c1-4-8(2)12-7-5-6-11-9(3)10/h5,7-8H,4,6H2,1-3H3/b7-5+. The molecule has 0 aromatic carbocycles. The molecule has 0 saturated carbocycles. The van der Waals surface area contributed by atoms with Crippen LogP contribution in [0.5, 0.6) is 0 Å². The summed E-state index contributed by atoms with van der Waals surface area (Å²) in [5, 5.41) is 2.62. The zero-order chi connectivity index (χ0) is 9.40. The molecule has 3 heteroatoms. The van der Waals surface area contributed by atoms with Crippen molar-refractivity contribution in [2.24, 2.45) is 0 Å². The Balaban J connectivity index is 3.31. The van der Waals surface area contributed by atoms with Crippen LogP contribution < -0.4 is 0 Å². The molecule has 70 valence electrons. The Labute approximate surface area is 78.4 Å². The van der Waals surface area contributed by atoms with Gasteiger partial charge in [0.25, 0.3) is 0 Å². The van der Waals surface area contributed by atoms with Crippen molar-refractivity contribution in [2.75, 3.05) is 6.61 Å². The third-order valence-electron chi connectivity index (χ3n) is 1.36. The van der Waals surface area contributed by atoms with Gasteiger partial charge in [-0.1, -0.05) is 13.8 Å². The van der Waals surface area contributed by atoms with Crippen molar-refractivity contribution < 1.29 is 9.53 Å². The molecule has 12 heavy (non-hydrogen) atoms. The van der Waals surface area contributed by atoms with E-state index < -0.39 is 0 Å². The maximum atomic E-state index is 10.3. The van der Waals surface area contributed by atoms with Crippen molar-refractivity contribution in [3.05, 3.63) is 11.5 Å². The van der Waals surface area contributed by atoms with Crippen LogP contribution in [-0.4, -0.2) is 17.8 Å². The van der Waals surface area contributed by atoms with Gasteiger partial charge in [-0.05, 0) is 17.9 Å². The fraction of sp³-hybridized carbons (Fsp3) is 0.667. The lowest BCUT2D eigenvalue weighted by Gasteiger charge is -2.01. The van der Waals surface area contributed by atoms with Crippen molar-refractivity contribution in [1.29, 1.82) is 0 Å². The SMILES string of the molecule is CCC(C)S/C=C/COC(C)=O. The van der Waals surface area contributed by atoms with Gasteiger partial charge in [0, 0.05) is 12.2 Å². The normalized spacial score (nSPS) is 13.2. The molecule has 1 unspecified atom stereocenters. The van der Waals surface area contributed by atoms with E-state index in [0.29, 0.717) is 11.9 Å². The predicted molar refractivity (Wildman–Crippen MR) is 53.1 cm³/mol. The van der Waals surface area contributed by atoms with E-state index in [-0.39, 0.29) is 5.97 Å². The zero-order valence-electron chi connectivity index (χ0n) is 7.87. The monoisotopic (exact) mass is 188 g/mol. The van der Waals surface area contributed by atoms with Gasteiger partial charge >= 0.3 is 5.97 Å². The number of hydrogen-bond donors (Lipinski definition) is 0. The lowest BCUT2D eigenvalue weighted by atomic mass is 10.4. The van der Waals surface area contributed by atoms with Gasteiger partial charge in [-0.2, -0.15) is 0 Å². The number of thioether (sulfide) groups is 1. The van der Waals surface area contributed by atoms with E-state index in [1.54, 1.807) is 11.8 Å². The third kappa shape index (κ3) is 7.66. The Hall–Kier alpha value is -0.440. The highest BCUT2D eigenvalue weighted by Gasteiger charge is 1.93. The van der Waals surface area contributed by atoms with E-state index in [1.807, 2.05) is 11.5 Å². The van der Waals surface area contributed by atoms with Crippen LogP contribution in [0.4, 0.5) is 0 Å². The van der Waals surface area contributed by atoms with Crippen molar-refractivity contribution in [3.8, 4) is 0 Å². The van der Waals surface area contributed by atoms with E-state index in [0.717, 1.165) is 6.42 Å². The minimum atomic E-state index is -0.229. The summed E-state index contributed by atoms with van der Waals surface area (Å²) in [6, 6.07) is 0. The Morgan fingerprint density at radius 2 is 2.33 bits per heavy atom. The summed E-state index contributed by atoms with van der Waals surface area (Å²) in [7, 11) is 0. The van der Waals surface area contributed by atoms with Gasteiger partial charge in [-0.15, -0.1) is 11.8 Å². The molecular weight excluding hydrogens is 172 g/mol. The summed E-state index contributed by atoms with van der Waals surface area (Å²) in [5.41, 5.74) is 0. The Kier molecular flexibility index (Phi) is 6.96. The van der Waals surface area contributed by atoms with Crippen LogP contribution in [0, 0.1) is 0 Å². The van der Waals surface area contributed by atoms with Crippen LogP contribution >= 0.6 is 11.8 Å². The van der Waals surface area contributed by atoms with Crippen molar-refractivity contribution in [2.45, 2.75) is 32.4 Å². The highest BCUT2D eigenvalue weighted by Crippen LogP contribution is 2.13. The molecule has 2 nitrogen and oxygen atoms in total. The first-order valence-corrected chi connectivity index (χ1v) is 5.05. The molecule has 1 atom stereocenters. The van der Waals surface area contributed by atoms with Crippen molar-refractivity contribution in [3.63, 3.8) is 0 Å². The second-order valence-electron chi connectivity index (χ2n) is 2.53. The number of esters is 1. The van der Waals surface area contributed by atoms with Crippen LogP contribution in [0.15, 0.2) is 11.5 Å². The van der Waals surface area contributed by atoms with Crippen LogP contribution in [0.2, 0.25) is 0 Å². The number of hydrogen-bond acceptors (Lipinski definition) is 3. The van der Waals surface area contributed by atoms with E-state index >= 15 is 0 Å². The second kappa shape index (κ2) is 7.22. The predicted octanol–water partition coefficient (Wildman–Crippen LogP) is 2.59. The highest BCUT2D eigenvalue weighted by molar-refractivity contribution is 8.02. The minimum Gasteiger partial charge on any atom is -0.462 e. The quantitative estimate of drug-likeness (QED) is 0.620. The molecule has 0 aromatic rings. The van der Waals surface area contributed by atoms with E-state index in [9.17, 15) is 4.79 Å². The lowest BCUT2D eigenvalue weighted by molar-refractivity contribution is -0.139. The van der Waals surface area contributed by atoms with Crippen LogP contribution in [0.1, 0.15) is 27.2 Å². The summed E-state index contributed by atoms with van der Waals surface area (Å²) < 4.78 is 4.72. The molecule has 0 N–H and O–H groups in total. The van der Waals surface area contributed by atoms with Gasteiger partial charge < -0.3 is 4.74 Å². The molecule has 0 bridgehead atoms. The van der Waals surface area contributed by atoms with E-state index in [4.69, 9.17) is 4.74 Å². The van der Waals surface area contributed by atoms with Crippen molar-refractivity contribution >= 4 is 17.7 Å². The maximum absolute atomic E-state index is 10.3. The van der Waals surface area contributed by atoms with Gasteiger partial charge in [0.1, 0.15) is 6.61 Å². The summed E-state index contributed by atoms with van der Waals surface area (Å²) in [4.78, 5) is 10.3. The fourth-order valence-corrected chi connectivity index (χ4v) is 1.14. The largest absolute Gasteiger partial charge is 0.462 e. The summed E-state index contributed by atoms with van der Waals surface area (Å²) in [6.07, 6.45) is 3.01. The smallest absolute Gasteiger partial charge is 0.302 e. The minimum absolute atomic E-state index is 0.229. The second-order valence-corrected chi connectivity index (χ2v) is 3.88. The van der Waals surface area contributed by atoms with Gasteiger partial charge in [0.2, 0.25) is 0 Å². The molecule has 0 aliphatic heterocycles. The highest BCUT2D eigenvalue weighted by atomic mass is 32.2. The maximum Gasteiger partial charge on any atom is 0.302 e. The van der Waals surface area contributed by atoms with Gasteiger partial charge in [-0.3, -0.25) is 4.79 Å². The number of carbonyl (C=O) groups excluding carboxylic acids is 1. The fourth-order valence-electron chi connectivity index (χ4n) is 0.491. The van der Waals surface area contributed by atoms with Crippen LogP contribution in [0.25, 0.3) is 0 Å². The number of rotatable bonds is 5. The van der Waals surface area contributed by atoms with Crippen molar-refractivity contribution in [1.82, 2.24) is 0 Å². The average Bonchev–Trinajstić information content (AvgIpc) is 2.03. The molecular formula is C9H16O2S.